The van der Waals surface area contributed by atoms with Crippen LogP contribution in [0, 0.1) is 6.92 Å². The van der Waals surface area contributed by atoms with E-state index in [2.05, 4.69) is 5.32 Å². The Morgan fingerprint density at radius 1 is 0.944 bits per heavy atom. The Labute approximate surface area is 214 Å². The highest BCUT2D eigenvalue weighted by molar-refractivity contribution is 6.39. The molecule has 1 fully saturated rings. The summed E-state index contributed by atoms with van der Waals surface area (Å²) in [5.74, 6) is -0.418. The maximum atomic E-state index is 13.2. The van der Waals surface area contributed by atoms with Gasteiger partial charge in [-0.25, -0.2) is 9.69 Å². The van der Waals surface area contributed by atoms with Gasteiger partial charge in [0.1, 0.15) is 23.7 Å². The molecule has 1 aliphatic heterocycles. The van der Waals surface area contributed by atoms with E-state index in [1.165, 1.54) is 11.6 Å². The predicted octanol–water partition coefficient (Wildman–Crippen LogP) is 5.68. The van der Waals surface area contributed by atoms with Crippen molar-refractivity contribution in [2.45, 2.75) is 26.9 Å². The zero-order valence-corrected chi connectivity index (χ0v) is 20.7. The van der Waals surface area contributed by atoms with Crippen LogP contribution in [0.5, 0.6) is 11.5 Å². The first-order valence-electron chi connectivity index (χ1n) is 11.5. The van der Waals surface area contributed by atoms with Gasteiger partial charge in [0, 0.05) is 0 Å². The van der Waals surface area contributed by atoms with Gasteiger partial charge in [-0.1, -0.05) is 54.4 Å². The van der Waals surface area contributed by atoms with Crippen molar-refractivity contribution in [1.29, 1.82) is 0 Å². The second-order valence-electron chi connectivity index (χ2n) is 8.26. The standard InChI is InChI=1S/C28H25ClN2O5/c1-3-14-35-25-13-8-20(16-24(25)29)15-23-26(32)30-28(34)31(27(23)33)21-9-11-22(12-10-21)36-17-19-6-4-18(2)5-7-19/h4-13,15-16H,3,14,17H2,1-2H3,(H,30,32,34)/b23-15+. The molecule has 0 aromatic heterocycles. The van der Waals surface area contributed by atoms with E-state index in [1.54, 1.807) is 42.5 Å². The van der Waals surface area contributed by atoms with Gasteiger partial charge >= 0.3 is 6.03 Å². The Morgan fingerprint density at radius 2 is 1.67 bits per heavy atom. The molecule has 0 radical (unpaired) electrons. The van der Waals surface area contributed by atoms with E-state index in [9.17, 15) is 14.4 Å². The molecule has 1 aliphatic rings. The normalized spacial score (nSPS) is 14.7. The van der Waals surface area contributed by atoms with Gasteiger partial charge in [-0.3, -0.25) is 14.9 Å². The number of ether oxygens (including phenoxy) is 2. The summed E-state index contributed by atoms with van der Waals surface area (Å²) in [6.45, 7) is 4.91. The molecule has 0 saturated carbocycles. The fourth-order valence-corrected chi connectivity index (χ4v) is 3.78. The molecular weight excluding hydrogens is 480 g/mol. The van der Waals surface area contributed by atoms with Crippen molar-refractivity contribution in [3.63, 3.8) is 0 Å². The summed E-state index contributed by atoms with van der Waals surface area (Å²) in [7, 11) is 0. The molecule has 3 aromatic rings. The molecule has 0 spiro atoms. The van der Waals surface area contributed by atoms with Crippen LogP contribution in [0.3, 0.4) is 0 Å². The summed E-state index contributed by atoms with van der Waals surface area (Å²) in [6, 6.07) is 18.6. The van der Waals surface area contributed by atoms with Gasteiger partial charge in [-0.05, 0) is 66.9 Å². The van der Waals surface area contributed by atoms with Crippen LogP contribution in [0.25, 0.3) is 6.08 Å². The van der Waals surface area contributed by atoms with Crippen LogP contribution < -0.4 is 19.7 Å². The molecule has 4 amide bonds. The zero-order valence-electron chi connectivity index (χ0n) is 19.9. The van der Waals surface area contributed by atoms with E-state index >= 15 is 0 Å². The lowest BCUT2D eigenvalue weighted by Gasteiger charge is -2.26. The van der Waals surface area contributed by atoms with Crippen LogP contribution >= 0.6 is 11.6 Å². The smallest absolute Gasteiger partial charge is 0.335 e. The first kappa shape index (κ1) is 25.0. The Bertz CT molecular complexity index is 1320. The number of aryl methyl sites for hydroxylation is 1. The number of halogens is 1. The summed E-state index contributed by atoms with van der Waals surface area (Å²) >= 11 is 6.27. The van der Waals surface area contributed by atoms with Gasteiger partial charge in [-0.2, -0.15) is 0 Å². The molecule has 3 aromatic carbocycles. The Morgan fingerprint density at radius 3 is 2.33 bits per heavy atom. The molecule has 1 heterocycles. The van der Waals surface area contributed by atoms with Crippen LogP contribution in [-0.2, 0) is 16.2 Å². The maximum absolute atomic E-state index is 13.2. The number of rotatable bonds is 8. The van der Waals surface area contributed by atoms with E-state index in [0.717, 1.165) is 16.9 Å². The minimum Gasteiger partial charge on any atom is -0.492 e. The fraction of sp³-hybridized carbons (Fsp3) is 0.179. The van der Waals surface area contributed by atoms with Crippen LogP contribution in [0.15, 0.2) is 72.3 Å². The van der Waals surface area contributed by atoms with Crippen molar-refractivity contribution in [2.75, 3.05) is 11.5 Å². The highest BCUT2D eigenvalue weighted by atomic mass is 35.5. The van der Waals surface area contributed by atoms with Crippen LogP contribution in [0.2, 0.25) is 5.02 Å². The highest BCUT2D eigenvalue weighted by Gasteiger charge is 2.36. The van der Waals surface area contributed by atoms with E-state index in [4.69, 9.17) is 21.1 Å². The molecule has 0 unspecified atom stereocenters. The topological polar surface area (TPSA) is 84.9 Å². The number of hydrogen-bond donors (Lipinski definition) is 1. The van der Waals surface area contributed by atoms with E-state index in [0.29, 0.717) is 41.0 Å². The number of barbiturate groups is 1. The molecular formula is C28H25ClN2O5. The third kappa shape index (κ3) is 5.75. The van der Waals surface area contributed by atoms with Crippen LogP contribution in [0.4, 0.5) is 10.5 Å². The van der Waals surface area contributed by atoms with Crippen molar-refractivity contribution in [2.24, 2.45) is 0 Å². The average Bonchev–Trinajstić information content (AvgIpc) is 2.86. The molecule has 7 nitrogen and oxygen atoms in total. The monoisotopic (exact) mass is 504 g/mol. The molecule has 1 N–H and O–H groups in total. The first-order chi connectivity index (χ1) is 17.4. The van der Waals surface area contributed by atoms with E-state index < -0.39 is 17.8 Å². The van der Waals surface area contributed by atoms with Crippen LogP contribution in [0.1, 0.15) is 30.0 Å². The van der Waals surface area contributed by atoms with Gasteiger partial charge in [0.15, 0.2) is 0 Å². The highest BCUT2D eigenvalue weighted by Crippen LogP contribution is 2.28. The first-order valence-corrected chi connectivity index (χ1v) is 11.9. The van der Waals surface area contributed by atoms with Crippen molar-refractivity contribution < 1.29 is 23.9 Å². The maximum Gasteiger partial charge on any atom is 0.335 e. The number of anilines is 1. The number of benzene rings is 3. The number of nitrogens with zero attached hydrogens (tertiary/aromatic N) is 1. The summed E-state index contributed by atoms with van der Waals surface area (Å²) in [5, 5.41) is 2.58. The largest absolute Gasteiger partial charge is 0.492 e. The Hall–Kier alpha value is -4.10. The number of carbonyl (C=O) groups excluding carboxylic acids is 3. The van der Waals surface area contributed by atoms with Gasteiger partial charge in [0.05, 0.1) is 17.3 Å². The predicted molar refractivity (Wildman–Crippen MR) is 138 cm³/mol. The molecule has 0 aliphatic carbocycles. The van der Waals surface area contributed by atoms with Gasteiger partial charge < -0.3 is 9.47 Å². The molecule has 184 valence electrons. The molecule has 0 atom stereocenters. The molecule has 4 rings (SSSR count). The lowest BCUT2D eigenvalue weighted by molar-refractivity contribution is -0.122. The molecule has 0 bridgehead atoms. The fourth-order valence-electron chi connectivity index (χ4n) is 3.54. The third-order valence-electron chi connectivity index (χ3n) is 5.45. The summed E-state index contributed by atoms with van der Waals surface area (Å²) < 4.78 is 11.4. The molecule has 36 heavy (non-hydrogen) atoms. The van der Waals surface area contributed by atoms with Crippen molar-refractivity contribution in [1.82, 2.24) is 5.32 Å². The van der Waals surface area contributed by atoms with E-state index in [1.807, 2.05) is 38.1 Å². The van der Waals surface area contributed by atoms with Gasteiger partial charge in [-0.15, -0.1) is 0 Å². The minimum atomic E-state index is -0.822. The molecule has 1 saturated heterocycles. The van der Waals surface area contributed by atoms with Crippen molar-refractivity contribution in [3.8, 4) is 11.5 Å². The summed E-state index contributed by atoms with van der Waals surface area (Å²) in [4.78, 5) is 39.0. The summed E-state index contributed by atoms with van der Waals surface area (Å²) in [6.07, 6.45) is 2.23. The second kappa shape index (κ2) is 11.1. The van der Waals surface area contributed by atoms with Crippen molar-refractivity contribution in [3.05, 3.63) is 94.0 Å². The number of amides is 4. The molecule has 8 heteroatoms. The zero-order chi connectivity index (χ0) is 25.7. The Kier molecular flexibility index (Phi) is 7.71. The lowest BCUT2D eigenvalue weighted by Crippen LogP contribution is -2.54. The number of imide groups is 2. The van der Waals surface area contributed by atoms with Gasteiger partial charge in [0.25, 0.3) is 11.8 Å². The minimum absolute atomic E-state index is 0.187. The lowest BCUT2D eigenvalue weighted by atomic mass is 10.1. The average molecular weight is 505 g/mol. The van der Waals surface area contributed by atoms with E-state index in [-0.39, 0.29) is 5.57 Å². The third-order valence-corrected chi connectivity index (χ3v) is 5.75. The SMILES string of the molecule is CCCOc1ccc(/C=C2\C(=O)NC(=O)N(c3ccc(OCc4ccc(C)cc4)cc3)C2=O)cc1Cl. The van der Waals surface area contributed by atoms with Crippen molar-refractivity contribution >= 4 is 41.2 Å². The number of carbonyl (C=O) groups is 3. The quantitative estimate of drug-likeness (QED) is 0.315. The summed E-state index contributed by atoms with van der Waals surface area (Å²) in [5.41, 5.74) is 2.83. The Balaban J connectivity index is 1.50. The number of nitrogens with one attached hydrogen (secondary N) is 1. The second-order valence-corrected chi connectivity index (χ2v) is 8.67. The number of hydrogen-bond acceptors (Lipinski definition) is 5. The van der Waals surface area contributed by atoms with Gasteiger partial charge in [0.2, 0.25) is 0 Å². The number of urea groups is 1. The van der Waals surface area contributed by atoms with Crippen LogP contribution in [-0.4, -0.2) is 24.5 Å².